The fourth-order valence-electron chi connectivity index (χ4n) is 0.595. The molecule has 0 rings (SSSR count). The number of amides is 2. The van der Waals surface area contributed by atoms with Crippen LogP contribution in [0.25, 0.3) is 0 Å². The molecule has 0 saturated heterocycles. The molecule has 0 bridgehead atoms. The fraction of sp³-hybridized carbons (Fsp3) is 0.667. The van der Waals surface area contributed by atoms with E-state index in [2.05, 4.69) is 15.8 Å². The SMILES string of the molecule is NC(=O)OCCCCNC(=O)O. The molecule has 0 radical (unpaired) electrons. The van der Waals surface area contributed by atoms with E-state index in [1.807, 2.05) is 0 Å². The number of primary amides is 1. The van der Waals surface area contributed by atoms with Crippen molar-refractivity contribution in [2.24, 2.45) is 5.73 Å². The van der Waals surface area contributed by atoms with Gasteiger partial charge in [-0.2, -0.15) is 0 Å². The first-order chi connectivity index (χ1) is 5.63. The number of hydrogen-bond acceptors (Lipinski definition) is 3. The first-order valence-electron chi connectivity index (χ1n) is 3.52. The molecule has 0 aliphatic heterocycles. The molecule has 0 aromatic rings. The molecular weight excluding hydrogens is 164 g/mol. The van der Waals surface area contributed by atoms with Gasteiger partial charge in [0, 0.05) is 6.54 Å². The van der Waals surface area contributed by atoms with E-state index in [-0.39, 0.29) is 6.61 Å². The van der Waals surface area contributed by atoms with Crippen molar-refractivity contribution in [1.82, 2.24) is 5.32 Å². The Labute approximate surface area is 69.7 Å². The quantitative estimate of drug-likeness (QED) is 0.518. The van der Waals surface area contributed by atoms with Crippen molar-refractivity contribution in [1.29, 1.82) is 0 Å². The lowest BCUT2D eigenvalue weighted by atomic mass is 10.3. The van der Waals surface area contributed by atoms with Crippen LogP contribution < -0.4 is 11.1 Å². The van der Waals surface area contributed by atoms with Crippen molar-refractivity contribution in [3.05, 3.63) is 0 Å². The summed E-state index contributed by atoms with van der Waals surface area (Å²) in [6.07, 6.45) is -0.630. The van der Waals surface area contributed by atoms with Crippen molar-refractivity contribution < 1.29 is 19.4 Å². The summed E-state index contributed by atoms with van der Waals surface area (Å²) in [6.45, 7) is 0.591. The van der Waals surface area contributed by atoms with Crippen LogP contribution in [0.4, 0.5) is 9.59 Å². The van der Waals surface area contributed by atoms with Gasteiger partial charge in [0.25, 0.3) is 0 Å². The Bertz CT molecular complexity index is 142. The number of carbonyl (C=O) groups is 2. The lowest BCUT2D eigenvalue weighted by molar-refractivity contribution is 0.154. The third-order valence-electron chi connectivity index (χ3n) is 1.09. The maximum atomic E-state index is 10.0. The molecule has 0 unspecified atom stereocenters. The molecule has 6 heteroatoms. The van der Waals surface area contributed by atoms with E-state index >= 15 is 0 Å². The average molecular weight is 176 g/mol. The van der Waals surface area contributed by atoms with Crippen LogP contribution in [0.2, 0.25) is 0 Å². The van der Waals surface area contributed by atoms with Crippen LogP contribution in [-0.4, -0.2) is 30.4 Å². The second kappa shape index (κ2) is 6.26. The Hall–Kier alpha value is -1.46. The number of hydrogen-bond donors (Lipinski definition) is 3. The van der Waals surface area contributed by atoms with E-state index in [1.165, 1.54) is 0 Å². The number of nitrogens with one attached hydrogen (secondary N) is 1. The van der Waals surface area contributed by atoms with Gasteiger partial charge in [0.1, 0.15) is 0 Å². The summed E-state index contributed by atoms with van der Waals surface area (Å²) in [5.74, 6) is 0. The largest absolute Gasteiger partial charge is 0.465 e. The van der Waals surface area contributed by atoms with Gasteiger partial charge in [-0.15, -0.1) is 0 Å². The van der Waals surface area contributed by atoms with Crippen LogP contribution in [0.5, 0.6) is 0 Å². The maximum absolute atomic E-state index is 10.0. The molecule has 0 heterocycles. The van der Waals surface area contributed by atoms with Gasteiger partial charge in [-0.25, -0.2) is 9.59 Å². The smallest absolute Gasteiger partial charge is 0.404 e. The zero-order chi connectivity index (χ0) is 9.40. The number of ether oxygens (including phenoxy) is 1. The molecule has 0 aliphatic carbocycles. The third kappa shape index (κ3) is 8.54. The van der Waals surface area contributed by atoms with Gasteiger partial charge in [0.05, 0.1) is 6.61 Å². The van der Waals surface area contributed by atoms with E-state index in [1.54, 1.807) is 0 Å². The summed E-state index contributed by atoms with van der Waals surface area (Å²) in [5.41, 5.74) is 4.68. The van der Waals surface area contributed by atoms with Gasteiger partial charge in [-0.1, -0.05) is 0 Å². The normalized spacial score (nSPS) is 9.00. The van der Waals surface area contributed by atoms with Gasteiger partial charge in [0.2, 0.25) is 0 Å². The number of unbranched alkanes of at least 4 members (excludes halogenated alkanes) is 1. The summed E-state index contributed by atoms with van der Waals surface area (Å²) < 4.78 is 4.41. The molecule has 0 aromatic heterocycles. The minimum absolute atomic E-state index is 0.233. The zero-order valence-corrected chi connectivity index (χ0v) is 6.58. The van der Waals surface area contributed by atoms with Gasteiger partial charge >= 0.3 is 12.2 Å². The minimum Gasteiger partial charge on any atom is -0.465 e. The van der Waals surface area contributed by atoms with Crippen LogP contribution in [-0.2, 0) is 4.74 Å². The van der Waals surface area contributed by atoms with E-state index < -0.39 is 12.2 Å². The van der Waals surface area contributed by atoms with Crippen molar-refractivity contribution >= 4 is 12.2 Å². The Morgan fingerprint density at radius 1 is 1.42 bits per heavy atom. The number of carbonyl (C=O) groups excluding carboxylic acids is 1. The molecule has 0 aliphatic rings. The highest BCUT2D eigenvalue weighted by atomic mass is 16.5. The van der Waals surface area contributed by atoms with Crippen LogP contribution in [0.1, 0.15) is 12.8 Å². The highest BCUT2D eigenvalue weighted by Crippen LogP contribution is 1.87. The van der Waals surface area contributed by atoms with Gasteiger partial charge in [-0.05, 0) is 12.8 Å². The molecule has 4 N–H and O–H groups in total. The third-order valence-corrected chi connectivity index (χ3v) is 1.09. The Morgan fingerprint density at radius 2 is 2.08 bits per heavy atom. The summed E-state index contributed by atoms with van der Waals surface area (Å²) in [5, 5.41) is 10.3. The zero-order valence-electron chi connectivity index (χ0n) is 6.58. The molecule has 2 amide bonds. The van der Waals surface area contributed by atoms with Gasteiger partial charge < -0.3 is 20.9 Å². The molecule has 0 spiro atoms. The average Bonchev–Trinajstić information content (AvgIpc) is 1.95. The van der Waals surface area contributed by atoms with E-state index in [4.69, 9.17) is 5.11 Å². The predicted molar refractivity (Wildman–Crippen MR) is 40.8 cm³/mol. The second-order valence-electron chi connectivity index (χ2n) is 2.11. The van der Waals surface area contributed by atoms with Crippen molar-refractivity contribution in [3.8, 4) is 0 Å². The van der Waals surface area contributed by atoms with Crippen LogP contribution in [0, 0.1) is 0 Å². The molecule has 70 valence electrons. The fourth-order valence-corrected chi connectivity index (χ4v) is 0.595. The topological polar surface area (TPSA) is 102 Å². The van der Waals surface area contributed by atoms with E-state index in [9.17, 15) is 9.59 Å². The molecular formula is C6H12N2O4. The van der Waals surface area contributed by atoms with Gasteiger partial charge in [-0.3, -0.25) is 0 Å². The Kier molecular flexibility index (Phi) is 5.50. The predicted octanol–water partition coefficient (Wildman–Crippen LogP) is 0.130. The minimum atomic E-state index is -1.05. The van der Waals surface area contributed by atoms with Crippen LogP contribution in [0.3, 0.4) is 0 Å². The summed E-state index contributed by atoms with van der Waals surface area (Å²) >= 11 is 0. The molecule has 12 heavy (non-hydrogen) atoms. The first kappa shape index (κ1) is 10.5. The Morgan fingerprint density at radius 3 is 2.58 bits per heavy atom. The maximum Gasteiger partial charge on any atom is 0.404 e. The molecule has 6 nitrogen and oxygen atoms in total. The Balaban J connectivity index is 3.01. The summed E-state index contributed by atoms with van der Waals surface area (Å²) in [7, 11) is 0. The molecule has 0 atom stereocenters. The summed E-state index contributed by atoms with van der Waals surface area (Å²) in [6, 6.07) is 0. The van der Waals surface area contributed by atoms with Crippen molar-refractivity contribution in [2.75, 3.05) is 13.2 Å². The molecule has 0 fully saturated rings. The van der Waals surface area contributed by atoms with Crippen molar-refractivity contribution in [3.63, 3.8) is 0 Å². The van der Waals surface area contributed by atoms with Gasteiger partial charge in [0.15, 0.2) is 0 Å². The lowest BCUT2D eigenvalue weighted by Gasteiger charge is -2.01. The lowest BCUT2D eigenvalue weighted by Crippen LogP contribution is -2.22. The molecule has 0 saturated carbocycles. The highest BCUT2D eigenvalue weighted by molar-refractivity contribution is 5.64. The first-order valence-corrected chi connectivity index (χ1v) is 3.52. The monoisotopic (exact) mass is 176 g/mol. The standard InChI is InChI=1S/C6H12N2O4/c7-5(9)12-4-2-1-3-8-6(10)11/h8H,1-4H2,(H2,7,9)(H,10,11). The van der Waals surface area contributed by atoms with E-state index in [0.717, 1.165) is 0 Å². The van der Waals surface area contributed by atoms with Crippen LogP contribution in [0.15, 0.2) is 0 Å². The molecule has 0 aromatic carbocycles. The summed E-state index contributed by atoms with van der Waals surface area (Å²) in [4.78, 5) is 20.0. The highest BCUT2D eigenvalue weighted by Gasteiger charge is 1.95. The van der Waals surface area contributed by atoms with E-state index in [0.29, 0.717) is 19.4 Å². The number of carboxylic acid groups (broad SMARTS) is 1. The number of nitrogens with two attached hydrogens (primary N) is 1. The second-order valence-corrected chi connectivity index (χ2v) is 2.11. The van der Waals surface area contributed by atoms with Crippen molar-refractivity contribution in [2.45, 2.75) is 12.8 Å². The number of rotatable bonds is 5. The van der Waals surface area contributed by atoms with Crippen LogP contribution >= 0.6 is 0 Å².